The van der Waals surface area contributed by atoms with E-state index in [1.54, 1.807) is 0 Å². The summed E-state index contributed by atoms with van der Waals surface area (Å²) in [5.41, 5.74) is -0.929. The minimum absolute atomic E-state index is 0.377. The van der Waals surface area contributed by atoms with Crippen molar-refractivity contribution in [3.8, 4) is 0 Å². The van der Waals surface area contributed by atoms with Gasteiger partial charge in [-0.05, 0) is 12.8 Å². The highest BCUT2D eigenvalue weighted by Crippen LogP contribution is 2.43. The zero-order valence-electron chi connectivity index (χ0n) is 8.09. The molecule has 0 radical (unpaired) electrons. The van der Waals surface area contributed by atoms with Crippen LogP contribution in [0.15, 0.2) is 12.5 Å². The molecule has 1 saturated carbocycles. The molecule has 1 heterocycles. The Hall–Kier alpha value is -1.04. The largest absolute Gasteiger partial charge is 0.433 e. The summed E-state index contributed by atoms with van der Waals surface area (Å²) in [6.45, 7) is -0.377. The number of imidazole rings is 1. The van der Waals surface area contributed by atoms with Gasteiger partial charge in [0.2, 0.25) is 0 Å². The number of carbonyl (C=O) groups excluding carboxylic acids is 1. The lowest BCUT2D eigenvalue weighted by Gasteiger charge is -2.11. The van der Waals surface area contributed by atoms with E-state index < -0.39 is 22.5 Å². The van der Waals surface area contributed by atoms with Gasteiger partial charge in [0.05, 0.1) is 19.1 Å². The fourth-order valence-electron chi connectivity index (χ4n) is 1.37. The van der Waals surface area contributed by atoms with E-state index in [1.807, 2.05) is 0 Å². The van der Waals surface area contributed by atoms with Crippen LogP contribution < -0.4 is 0 Å². The topological polar surface area (TPSA) is 34.9 Å². The number of carbonyl (C=O) groups is 1. The minimum Gasteiger partial charge on any atom is -0.319 e. The highest BCUT2D eigenvalue weighted by atomic mass is 35.5. The standard InChI is InChI=1S/C9H8ClF3N2O/c10-8(1-2-8)7(16)4-15-5-14-3-6(15)9(11,12)13/h3,5H,1-2,4H2. The van der Waals surface area contributed by atoms with Crippen LogP contribution in [0.2, 0.25) is 0 Å². The zero-order chi connectivity index (χ0) is 12.0. The molecule has 1 aromatic heterocycles. The molecule has 0 aromatic carbocycles. The summed E-state index contributed by atoms with van der Waals surface area (Å²) in [4.78, 5) is 14.0. The van der Waals surface area contributed by atoms with Gasteiger partial charge in [-0.25, -0.2) is 4.98 Å². The molecule has 3 nitrogen and oxygen atoms in total. The number of hydrogen-bond acceptors (Lipinski definition) is 2. The molecule has 0 unspecified atom stereocenters. The van der Waals surface area contributed by atoms with Crippen molar-refractivity contribution >= 4 is 17.4 Å². The first-order valence-electron chi connectivity index (χ1n) is 4.62. The van der Waals surface area contributed by atoms with Crippen molar-refractivity contribution in [1.29, 1.82) is 0 Å². The van der Waals surface area contributed by atoms with Gasteiger partial charge in [-0.2, -0.15) is 13.2 Å². The lowest BCUT2D eigenvalue weighted by atomic mass is 10.2. The number of alkyl halides is 4. The van der Waals surface area contributed by atoms with Crippen molar-refractivity contribution in [3.63, 3.8) is 0 Å². The normalized spacial score (nSPS) is 18.5. The highest BCUT2D eigenvalue weighted by Gasteiger charge is 2.48. The summed E-state index contributed by atoms with van der Waals surface area (Å²) in [6, 6.07) is 0. The Labute approximate surface area is 94.2 Å². The Morgan fingerprint density at radius 3 is 2.69 bits per heavy atom. The van der Waals surface area contributed by atoms with E-state index in [1.165, 1.54) is 0 Å². The lowest BCUT2D eigenvalue weighted by Crippen LogP contribution is -2.24. The van der Waals surface area contributed by atoms with Gasteiger partial charge >= 0.3 is 6.18 Å². The summed E-state index contributed by atoms with van der Waals surface area (Å²) in [7, 11) is 0. The molecule has 1 aromatic rings. The molecule has 7 heteroatoms. The third-order valence-corrected chi connectivity index (χ3v) is 3.09. The van der Waals surface area contributed by atoms with E-state index in [0.717, 1.165) is 10.9 Å². The number of Topliss-reactive ketones (excluding diaryl/α,β-unsaturated/α-hetero) is 1. The summed E-state index contributed by atoms with van der Waals surface area (Å²) >= 11 is 5.81. The molecule has 0 saturated heterocycles. The molecule has 1 fully saturated rings. The third kappa shape index (κ3) is 2.07. The molecule has 2 rings (SSSR count). The van der Waals surface area contributed by atoms with Crippen LogP contribution in [-0.2, 0) is 17.5 Å². The van der Waals surface area contributed by atoms with Gasteiger partial charge in [0.25, 0.3) is 0 Å². The van der Waals surface area contributed by atoms with Crippen LogP contribution in [0.5, 0.6) is 0 Å². The molecule has 0 spiro atoms. The second kappa shape index (κ2) is 3.48. The van der Waals surface area contributed by atoms with E-state index >= 15 is 0 Å². The maximum Gasteiger partial charge on any atom is 0.433 e. The van der Waals surface area contributed by atoms with Crippen molar-refractivity contribution in [2.24, 2.45) is 0 Å². The van der Waals surface area contributed by atoms with E-state index in [2.05, 4.69) is 4.98 Å². The average molecular weight is 253 g/mol. The fourth-order valence-corrected chi connectivity index (χ4v) is 1.52. The van der Waals surface area contributed by atoms with E-state index in [4.69, 9.17) is 11.6 Å². The first-order valence-corrected chi connectivity index (χ1v) is 5.00. The predicted octanol–water partition coefficient (Wildman–Crippen LogP) is 2.24. The van der Waals surface area contributed by atoms with Gasteiger partial charge < -0.3 is 4.57 Å². The average Bonchev–Trinajstić information content (AvgIpc) is 2.75. The van der Waals surface area contributed by atoms with Crippen molar-refractivity contribution in [3.05, 3.63) is 18.2 Å². The van der Waals surface area contributed by atoms with Crippen molar-refractivity contribution in [1.82, 2.24) is 9.55 Å². The number of nitrogens with zero attached hydrogens (tertiary/aromatic N) is 2. The first kappa shape index (κ1) is 11.4. The number of ketones is 1. The summed E-state index contributed by atoms with van der Waals surface area (Å²) in [5.74, 6) is -0.391. The quantitative estimate of drug-likeness (QED) is 0.774. The van der Waals surface area contributed by atoms with Crippen LogP contribution in [0, 0.1) is 0 Å². The molecule has 0 N–H and O–H groups in total. The van der Waals surface area contributed by atoms with Crippen LogP contribution in [0.4, 0.5) is 13.2 Å². The van der Waals surface area contributed by atoms with Crippen LogP contribution in [0.25, 0.3) is 0 Å². The first-order chi connectivity index (χ1) is 7.33. The fraction of sp³-hybridized carbons (Fsp3) is 0.556. The second-order valence-electron chi connectivity index (χ2n) is 3.79. The molecule has 1 aliphatic rings. The number of aromatic nitrogens is 2. The second-order valence-corrected chi connectivity index (χ2v) is 4.52. The maximum atomic E-state index is 12.4. The minimum atomic E-state index is -4.50. The van der Waals surface area contributed by atoms with Crippen molar-refractivity contribution in [2.75, 3.05) is 0 Å². The maximum absolute atomic E-state index is 12.4. The van der Waals surface area contributed by atoms with Crippen molar-refractivity contribution < 1.29 is 18.0 Å². The molecule has 0 atom stereocenters. The monoisotopic (exact) mass is 252 g/mol. The van der Waals surface area contributed by atoms with E-state index in [-0.39, 0.29) is 6.54 Å². The van der Waals surface area contributed by atoms with Gasteiger partial charge in [0.15, 0.2) is 5.78 Å². The van der Waals surface area contributed by atoms with Crippen LogP contribution in [0.1, 0.15) is 18.5 Å². The molecular formula is C9H8ClF3N2O. The molecule has 0 amide bonds. The smallest absolute Gasteiger partial charge is 0.319 e. The number of halogens is 4. The third-order valence-electron chi connectivity index (χ3n) is 2.51. The predicted molar refractivity (Wildman–Crippen MR) is 50.1 cm³/mol. The molecule has 1 aliphatic carbocycles. The number of rotatable bonds is 3. The molecule has 0 bridgehead atoms. The van der Waals surface area contributed by atoms with E-state index in [0.29, 0.717) is 19.0 Å². The van der Waals surface area contributed by atoms with Gasteiger partial charge in [-0.1, -0.05) is 0 Å². The van der Waals surface area contributed by atoms with Gasteiger partial charge in [-0.15, -0.1) is 11.6 Å². The van der Waals surface area contributed by atoms with Crippen LogP contribution >= 0.6 is 11.6 Å². The molecule has 0 aliphatic heterocycles. The van der Waals surface area contributed by atoms with E-state index in [9.17, 15) is 18.0 Å². The molecular weight excluding hydrogens is 245 g/mol. The highest BCUT2D eigenvalue weighted by molar-refractivity contribution is 6.37. The van der Waals surface area contributed by atoms with Gasteiger partial charge in [0.1, 0.15) is 10.6 Å². The lowest BCUT2D eigenvalue weighted by molar-refractivity contribution is -0.144. The Morgan fingerprint density at radius 1 is 1.56 bits per heavy atom. The Bertz CT molecular complexity index is 423. The SMILES string of the molecule is O=C(Cn1cncc1C(F)(F)F)C1(Cl)CC1. The number of hydrogen-bond donors (Lipinski definition) is 0. The zero-order valence-corrected chi connectivity index (χ0v) is 8.85. The summed E-state index contributed by atoms with van der Waals surface area (Å²) < 4.78 is 38.1. The Balaban J connectivity index is 2.16. The summed E-state index contributed by atoms with van der Waals surface area (Å²) in [5, 5.41) is 0. The Kier molecular flexibility index (Phi) is 2.49. The van der Waals surface area contributed by atoms with Crippen LogP contribution in [0.3, 0.4) is 0 Å². The van der Waals surface area contributed by atoms with Gasteiger partial charge in [-0.3, -0.25) is 4.79 Å². The van der Waals surface area contributed by atoms with Crippen LogP contribution in [-0.4, -0.2) is 20.2 Å². The molecule has 88 valence electrons. The Morgan fingerprint density at radius 2 is 2.19 bits per heavy atom. The molecule has 16 heavy (non-hydrogen) atoms. The van der Waals surface area contributed by atoms with Crippen molar-refractivity contribution in [2.45, 2.75) is 30.4 Å². The summed E-state index contributed by atoms with van der Waals surface area (Å²) in [6.07, 6.45) is -1.75. The van der Waals surface area contributed by atoms with Gasteiger partial charge in [0, 0.05) is 0 Å².